The summed E-state index contributed by atoms with van der Waals surface area (Å²) in [6.07, 6.45) is 0.884. The molecule has 1 rings (SSSR count). The SMILES string of the molecule is CC[C@H](CS(=O)(=O)c1ccc(C)cc1)C(C)(C)C. The zero-order valence-corrected chi connectivity index (χ0v) is 12.8. The summed E-state index contributed by atoms with van der Waals surface area (Å²) in [6.45, 7) is 10.3. The Bertz CT molecular complexity index is 478. The zero-order valence-electron chi connectivity index (χ0n) is 12.0. The Morgan fingerprint density at radius 2 is 1.61 bits per heavy atom. The molecule has 0 heterocycles. The van der Waals surface area contributed by atoms with Gasteiger partial charge in [0.2, 0.25) is 0 Å². The molecule has 0 amide bonds. The normalized spacial score (nSPS) is 14.5. The van der Waals surface area contributed by atoms with Gasteiger partial charge in [0.05, 0.1) is 10.6 Å². The Labute approximate surface area is 111 Å². The highest BCUT2D eigenvalue weighted by Crippen LogP contribution is 2.31. The molecule has 0 fully saturated rings. The van der Waals surface area contributed by atoms with Crippen LogP contribution in [0.1, 0.15) is 39.7 Å². The summed E-state index contributed by atoms with van der Waals surface area (Å²) >= 11 is 0. The van der Waals surface area contributed by atoms with E-state index in [0.29, 0.717) is 4.90 Å². The molecule has 0 spiro atoms. The van der Waals surface area contributed by atoms with E-state index in [1.165, 1.54) is 0 Å². The van der Waals surface area contributed by atoms with Gasteiger partial charge >= 0.3 is 0 Å². The predicted octanol–water partition coefficient (Wildman–Crippen LogP) is 3.84. The summed E-state index contributed by atoms with van der Waals surface area (Å²) in [5.41, 5.74) is 1.10. The van der Waals surface area contributed by atoms with Gasteiger partial charge < -0.3 is 0 Å². The molecule has 0 aliphatic carbocycles. The Morgan fingerprint density at radius 1 is 1.11 bits per heavy atom. The molecule has 0 aliphatic rings. The van der Waals surface area contributed by atoms with Crippen molar-refractivity contribution in [1.82, 2.24) is 0 Å². The second kappa shape index (κ2) is 5.43. The van der Waals surface area contributed by atoms with Crippen LogP contribution in [0.2, 0.25) is 0 Å². The van der Waals surface area contributed by atoms with E-state index < -0.39 is 9.84 Å². The molecular weight excluding hydrogens is 244 g/mol. The third-order valence-corrected chi connectivity index (χ3v) is 5.35. The molecule has 18 heavy (non-hydrogen) atoms. The van der Waals surface area contributed by atoms with E-state index in [4.69, 9.17) is 0 Å². The molecule has 0 unspecified atom stereocenters. The molecule has 0 aliphatic heterocycles. The molecule has 0 saturated heterocycles. The first-order chi connectivity index (χ1) is 8.16. The lowest BCUT2D eigenvalue weighted by Crippen LogP contribution is -2.27. The van der Waals surface area contributed by atoms with Crippen molar-refractivity contribution < 1.29 is 8.42 Å². The highest BCUT2D eigenvalue weighted by Gasteiger charge is 2.28. The van der Waals surface area contributed by atoms with Crippen LogP contribution < -0.4 is 0 Å². The van der Waals surface area contributed by atoms with Crippen LogP contribution in [0.4, 0.5) is 0 Å². The summed E-state index contributed by atoms with van der Waals surface area (Å²) in [5.74, 6) is 0.416. The minimum atomic E-state index is -3.17. The van der Waals surface area contributed by atoms with E-state index in [0.717, 1.165) is 12.0 Å². The molecule has 0 radical (unpaired) electrons. The predicted molar refractivity (Wildman–Crippen MR) is 76.5 cm³/mol. The molecule has 3 heteroatoms. The maximum absolute atomic E-state index is 12.4. The fraction of sp³-hybridized carbons (Fsp3) is 0.600. The monoisotopic (exact) mass is 268 g/mol. The van der Waals surface area contributed by atoms with E-state index in [1.807, 2.05) is 19.1 Å². The number of hydrogen-bond acceptors (Lipinski definition) is 2. The maximum Gasteiger partial charge on any atom is 0.178 e. The van der Waals surface area contributed by atoms with E-state index >= 15 is 0 Å². The Kier molecular flexibility index (Phi) is 4.60. The fourth-order valence-corrected chi connectivity index (χ4v) is 4.10. The molecule has 1 atom stereocenters. The van der Waals surface area contributed by atoms with E-state index in [1.54, 1.807) is 12.1 Å². The number of rotatable bonds is 4. The van der Waals surface area contributed by atoms with Gasteiger partial charge in [-0.25, -0.2) is 8.42 Å². The van der Waals surface area contributed by atoms with Crippen LogP contribution in [-0.4, -0.2) is 14.2 Å². The summed E-state index contributed by atoms with van der Waals surface area (Å²) in [5, 5.41) is 0. The summed E-state index contributed by atoms with van der Waals surface area (Å²) in [7, 11) is -3.17. The third kappa shape index (κ3) is 3.84. The summed E-state index contributed by atoms with van der Waals surface area (Å²) in [4.78, 5) is 0.441. The summed E-state index contributed by atoms with van der Waals surface area (Å²) < 4.78 is 24.7. The number of benzene rings is 1. The Morgan fingerprint density at radius 3 is 2.00 bits per heavy atom. The van der Waals surface area contributed by atoms with E-state index in [9.17, 15) is 8.42 Å². The zero-order chi connectivity index (χ0) is 14.0. The minimum absolute atomic E-state index is 0.0204. The van der Waals surface area contributed by atoms with Gasteiger partial charge in [-0.3, -0.25) is 0 Å². The first-order valence-corrected chi connectivity index (χ1v) is 8.11. The van der Waals surface area contributed by atoms with Crippen molar-refractivity contribution in [3.63, 3.8) is 0 Å². The average Bonchev–Trinajstić information content (AvgIpc) is 2.25. The van der Waals surface area contributed by atoms with Gasteiger partial charge in [0.1, 0.15) is 0 Å². The molecular formula is C15H24O2S. The lowest BCUT2D eigenvalue weighted by Gasteiger charge is -2.29. The number of aryl methyl sites for hydroxylation is 1. The third-order valence-electron chi connectivity index (χ3n) is 3.52. The van der Waals surface area contributed by atoms with Crippen LogP contribution in [0.3, 0.4) is 0 Å². The van der Waals surface area contributed by atoms with Crippen LogP contribution >= 0.6 is 0 Å². The quantitative estimate of drug-likeness (QED) is 0.831. The van der Waals surface area contributed by atoms with Gasteiger partial charge in [0, 0.05) is 0 Å². The summed E-state index contributed by atoms with van der Waals surface area (Å²) in [6, 6.07) is 7.12. The molecule has 0 saturated carbocycles. The molecule has 0 bridgehead atoms. The van der Waals surface area contributed by atoms with Crippen LogP contribution in [0, 0.1) is 18.3 Å². The van der Waals surface area contributed by atoms with Crippen molar-refractivity contribution in [3.8, 4) is 0 Å². The van der Waals surface area contributed by atoms with Gasteiger partial charge in [-0.1, -0.05) is 51.8 Å². The largest absolute Gasteiger partial charge is 0.224 e. The van der Waals surface area contributed by atoms with Gasteiger partial charge in [0.15, 0.2) is 9.84 Å². The Hall–Kier alpha value is -0.830. The molecule has 1 aromatic rings. The fourth-order valence-electron chi connectivity index (χ4n) is 2.09. The van der Waals surface area contributed by atoms with Crippen molar-refractivity contribution in [1.29, 1.82) is 0 Å². The van der Waals surface area contributed by atoms with E-state index in [2.05, 4.69) is 27.7 Å². The van der Waals surface area contributed by atoms with Crippen molar-refractivity contribution in [2.45, 2.75) is 45.9 Å². The van der Waals surface area contributed by atoms with Crippen LogP contribution in [0.15, 0.2) is 29.2 Å². The number of sulfone groups is 1. The molecule has 102 valence electrons. The topological polar surface area (TPSA) is 34.1 Å². The van der Waals surface area contributed by atoms with Crippen molar-refractivity contribution in [3.05, 3.63) is 29.8 Å². The average molecular weight is 268 g/mol. The standard InChI is InChI=1S/C15H24O2S/c1-6-13(15(3,4)5)11-18(16,17)14-9-7-12(2)8-10-14/h7-10,13H,6,11H2,1-5H3/t13-/m1/s1. The van der Waals surface area contributed by atoms with Crippen LogP contribution in [0.25, 0.3) is 0 Å². The Balaban J connectivity index is 2.98. The molecule has 0 aromatic heterocycles. The lowest BCUT2D eigenvalue weighted by atomic mass is 9.80. The molecule has 2 nitrogen and oxygen atoms in total. The minimum Gasteiger partial charge on any atom is -0.224 e. The highest BCUT2D eigenvalue weighted by molar-refractivity contribution is 7.91. The lowest BCUT2D eigenvalue weighted by molar-refractivity contribution is 0.256. The number of hydrogen-bond donors (Lipinski definition) is 0. The highest BCUT2D eigenvalue weighted by atomic mass is 32.2. The second-order valence-electron chi connectivity index (χ2n) is 6.07. The molecule has 0 N–H and O–H groups in total. The first-order valence-electron chi connectivity index (χ1n) is 6.46. The second-order valence-corrected chi connectivity index (χ2v) is 8.10. The first kappa shape index (κ1) is 15.2. The van der Waals surface area contributed by atoms with Gasteiger partial charge in [-0.2, -0.15) is 0 Å². The van der Waals surface area contributed by atoms with Crippen molar-refractivity contribution in [2.75, 3.05) is 5.75 Å². The van der Waals surface area contributed by atoms with Crippen LogP contribution in [0.5, 0.6) is 0 Å². The van der Waals surface area contributed by atoms with Crippen LogP contribution in [-0.2, 0) is 9.84 Å². The smallest absolute Gasteiger partial charge is 0.178 e. The van der Waals surface area contributed by atoms with Gasteiger partial charge in [-0.15, -0.1) is 0 Å². The molecule has 1 aromatic carbocycles. The van der Waals surface area contributed by atoms with Crippen molar-refractivity contribution >= 4 is 9.84 Å². The van der Waals surface area contributed by atoms with Gasteiger partial charge in [-0.05, 0) is 30.4 Å². The van der Waals surface area contributed by atoms with Gasteiger partial charge in [0.25, 0.3) is 0 Å². The van der Waals surface area contributed by atoms with E-state index in [-0.39, 0.29) is 17.1 Å². The van der Waals surface area contributed by atoms with Crippen molar-refractivity contribution in [2.24, 2.45) is 11.3 Å². The maximum atomic E-state index is 12.4.